The van der Waals surface area contributed by atoms with E-state index in [0.717, 1.165) is 11.3 Å². The number of nitrogens with one attached hydrogen (secondary N) is 1. The van der Waals surface area contributed by atoms with Gasteiger partial charge < -0.3 is 11.1 Å². The van der Waals surface area contributed by atoms with Crippen LogP contribution in [0.15, 0.2) is 48.5 Å². The number of hydrogen-bond donors (Lipinski definition) is 2. The van der Waals surface area contributed by atoms with Gasteiger partial charge in [0, 0.05) is 17.8 Å². The molecule has 0 spiro atoms. The van der Waals surface area contributed by atoms with Gasteiger partial charge in [-0.05, 0) is 29.2 Å². The third kappa shape index (κ3) is 2.22. The van der Waals surface area contributed by atoms with Gasteiger partial charge in [0.05, 0.1) is 0 Å². The summed E-state index contributed by atoms with van der Waals surface area (Å²) in [6.45, 7) is 4.27. The van der Waals surface area contributed by atoms with E-state index in [1.54, 1.807) is 12.1 Å². The zero-order valence-corrected chi connectivity index (χ0v) is 13.3. The molecule has 2 aromatic carbocycles. The molecule has 23 heavy (non-hydrogen) atoms. The van der Waals surface area contributed by atoms with Crippen LogP contribution in [0.4, 0.5) is 5.69 Å². The lowest BCUT2D eigenvalue weighted by Gasteiger charge is -2.36. The molecule has 3 rings (SSSR count). The van der Waals surface area contributed by atoms with Gasteiger partial charge in [-0.15, -0.1) is 0 Å². The summed E-state index contributed by atoms with van der Waals surface area (Å²) in [6, 6.07) is 14.8. The van der Waals surface area contributed by atoms with E-state index < -0.39 is 11.3 Å². The quantitative estimate of drug-likeness (QED) is 0.856. The molecule has 118 valence electrons. The molecule has 1 atom stereocenters. The van der Waals surface area contributed by atoms with Crippen LogP contribution in [-0.4, -0.2) is 18.2 Å². The number of benzene rings is 2. The van der Waals surface area contributed by atoms with E-state index in [-0.39, 0.29) is 18.2 Å². The third-order valence-electron chi connectivity index (χ3n) is 4.57. The van der Waals surface area contributed by atoms with Crippen molar-refractivity contribution in [2.75, 3.05) is 11.9 Å². The van der Waals surface area contributed by atoms with E-state index in [0.29, 0.717) is 11.1 Å². The number of ketones is 1. The summed E-state index contributed by atoms with van der Waals surface area (Å²) < 4.78 is 0. The maximum absolute atomic E-state index is 13.2. The van der Waals surface area contributed by atoms with Gasteiger partial charge in [-0.3, -0.25) is 9.59 Å². The molecule has 0 radical (unpaired) electrons. The Balaban J connectivity index is 2.25. The number of Topliss-reactive ketones (excluding diaryl/α,β-unsaturated/α-hetero) is 1. The van der Waals surface area contributed by atoms with E-state index in [1.165, 1.54) is 0 Å². The van der Waals surface area contributed by atoms with Gasteiger partial charge >= 0.3 is 0 Å². The molecule has 0 aliphatic carbocycles. The fraction of sp³-hybridized carbons (Fsp3) is 0.263. The van der Waals surface area contributed by atoms with E-state index in [2.05, 4.69) is 5.32 Å². The number of hydrogen-bond acceptors (Lipinski definition) is 3. The van der Waals surface area contributed by atoms with Crippen LogP contribution in [0.25, 0.3) is 0 Å². The Morgan fingerprint density at radius 2 is 1.78 bits per heavy atom. The van der Waals surface area contributed by atoms with Crippen molar-refractivity contribution in [1.29, 1.82) is 0 Å². The Morgan fingerprint density at radius 1 is 1.13 bits per heavy atom. The molecule has 1 heterocycles. The Hall–Kier alpha value is -2.62. The molecule has 0 bridgehead atoms. The first-order chi connectivity index (χ1) is 11.0. The number of para-hydroxylation sites is 1. The van der Waals surface area contributed by atoms with Crippen LogP contribution < -0.4 is 11.1 Å². The first kappa shape index (κ1) is 15.3. The maximum atomic E-state index is 13.2. The Morgan fingerprint density at radius 3 is 2.48 bits per heavy atom. The molecule has 4 nitrogen and oxygen atoms in total. The first-order valence-corrected chi connectivity index (χ1v) is 7.75. The SMILES string of the molecule is CC(C)c1ccccc1C1(C(N)=O)CNc2ccccc2C1=O. The summed E-state index contributed by atoms with van der Waals surface area (Å²) in [5.74, 6) is -0.655. The third-order valence-corrected chi connectivity index (χ3v) is 4.57. The molecule has 1 unspecified atom stereocenters. The maximum Gasteiger partial charge on any atom is 0.237 e. The zero-order valence-electron chi connectivity index (χ0n) is 13.3. The van der Waals surface area contributed by atoms with Crippen LogP contribution in [0.2, 0.25) is 0 Å². The molecule has 0 saturated carbocycles. The molecule has 2 aromatic rings. The van der Waals surface area contributed by atoms with Crippen molar-refractivity contribution < 1.29 is 9.59 Å². The number of carbonyl (C=O) groups is 2. The van der Waals surface area contributed by atoms with Gasteiger partial charge in [-0.2, -0.15) is 0 Å². The summed E-state index contributed by atoms with van der Waals surface area (Å²) >= 11 is 0. The van der Waals surface area contributed by atoms with Crippen LogP contribution >= 0.6 is 0 Å². The highest BCUT2D eigenvalue weighted by Gasteiger charge is 2.50. The Kier molecular flexibility index (Phi) is 3.68. The van der Waals surface area contributed by atoms with Crippen molar-refractivity contribution in [2.45, 2.75) is 25.2 Å². The van der Waals surface area contributed by atoms with Gasteiger partial charge in [0.2, 0.25) is 5.91 Å². The van der Waals surface area contributed by atoms with Crippen molar-refractivity contribution in [3.05, 3.63) is 65.2 Å². The lowest BCUT2D eigenvalue weighted by Crippen LogP contribution is -2.55. The largest absolute Gasteiger partial charge is 0.383 e. The van der Waals surface area contributed by atoms with Crippen LogP contribution in [0.1, 0.15) is 41.3 Å². The Bertz CT molecular complexity index is 782. The smallest absolute Gasteiger partial charge is 0.237 e. The summed E-state index contributed by atoms with van der Waals surface area (Å²) in [5, 5.41) is 3.21. The van der Waals surface area contributed by atoms with E-state index >= 15 is 0 Å². The number of rotatable bonds is 3. The summed E-state index contributed by atoms with van der Waals surface area (Å²) in [7, 11) is 0. The number of nitrogens with two attached hydrogens (primary N) is 1. The number of amides is 1. The number of primary amides is 1. The second-order valence-electron chi connectivity index (χ2n) is 6.24. The van der Waals surface area contributed by atoms with Gasteiger partial charge in [0.25, 0.3) is 0 Å². The highest BCUT2D eigenvalue weighted by molar-refractivity contribution is 6.22. The molecular weight excluding hydrogens is 288 g/mol. The standard InChI is InChI=1S/C19H20N2O2/c1-12(2)13-7-3-5-9-15(13)19(18(20)23)11-21-16-10-6-4-8-14(16)17(19)22/h3-10,12,21H,11H2,1-2H3,(H2,20,23). The second kappa shape index (κ2) is 5.54. The number of anilines is 1. The molecular formula is C19H20N2O2. The second-order valence-corrected chi connectivity index (χ2v) is 6.24. The average Bonchev–Trinajstić information content (AvgIpc) is 2.55. The number of carbonyl (C=O) groups excluding carboxylic acids is 2. The van der Waals surface area contributed by atoms with Gasteiger partial charge in [0.15, 0.2) is 11.2 Å². The highest BCUT2D eigenvalue weighted by atomic mass is 16.2. The topological polar surface area (TPSA) is 72.2 Å². The van der Waals surface area contributed by atoms with Crippen LogP contribution in [-0.2, 0) is 10.2 Å². The minimum Gasteiger partial charge on any atom is -0.383 e. The van der Waals surface area contributed by atoms with Crippen LogP contribution in [0, 0.1) is 0 Å². The van der Waals surface area contributed by atoms with Crippen LogP contribution in [0.5, 0.6) is 0 Å². The Labute approximate surface area is 135 Å². The van der Waals surface area contributed by atoms with Gasteiger partial charge in [0.1, 0.15) is 0 Å². The average molecular weight is 308 g/mol. The van der Waals surface area contributed by atoms with Crippen molar-refractivity contribution in [3.8, 4) is 0 Å². The summed E-state index contributed by atoms with van der Waals surface area (Å²) in [6.07, 6.45) is 0. The van der Waals surface area contributed by atoms with Gasteiger partial charge in [-0.25, -0.2) is 0 Å². The van der Waals surface area contributed by atoms with Crippen LogP contribution in [0.3, 0.4) is 0 Å². The lowest BCUT2D eigenvalue weighted by molar-refractivity contribution is -0.121. The fourth-order valence-corrected chi connectivity index (χ4v) is 3.31. The first-order valence-electron chi connectivity index (χ1n) is 7.75. The van der Waals surface area contributed by atoms with Crippen molar-refractivity contribution in [2.24, 2.45) is 5.73 Å². The van der Waals surface area contributed by atoms with Crippen molar-refractivity contribution in [1.82, 2.24) is 0 Å². The predicted molar refractivity (Wildman–Crippen MR) is 90.7 cm³/mol. The lowest BCUT2D eigenvalue weighted by atomic mass is 9.69. The van der Waals surface area contributed by atoms with Crippen molar-refractivity contribution in [3.63, 3.8) is 0 Å². The number of fused-ring (bicyclic) bond motifs is 1. The fourth-order valence-electron chi connectivity index (χ4n) is 3.31. The van der Waals surface area contributed by atoms with E-state index in [9.17, 15) is 9.59 Å². The molecule has 1 aliphatic rings. The van der Waals surface area contributed by atoms with Gasteiger partial charge in [-0.1, -0.05) is 50.2 Å². The monoisotopic (exact) mass is 308 g/mol. The predicted octanol–water partition coefficient (Wildman–Crippen LogP) is 2.84. The van der Waals surface area contributed by atoms with E-state index in [1.807, 2.05) is 50.2 Å². The summed E-state index contributed by atoms with van der Waals surface area (Å²) in [4.78, 5) is 25.6. The van der Waals surface area contributed by atoms with E-state index in [4.69, 9.17) is 5.73 Å². The van der Waals surface area contributed by atoms with Crippen molar-refractivity contribution >= 4 is 17.4 Å². The molecule has 1 aliphatic heterocycles. The minimum absolute atomic E-state index is 0.182. The normalized spacial score (nSPS) is 20.0. The zero-order chi connectivity index (χ0) is 16.6. The molecule has 0 saturated heterocycles. The summed E-state index contributed by atoms with van der Waals surface area (Å²) in [5.41, 5.74) is 7.32. The minimum atomic E-state index is -1.37. The molecule has 3 N–H and O–H groups in total. The molecule has 4 heteroatoms. The highest BCUT2D eigenvalue weighted by Crippen LogP contribution is 2.38. The molecule has 1 amide bonds. The molecule has 0 aromatic heterocycles. The molecule has 0 fully saturated rings.